The van der Waals surface area contributed by atoms with Crippen molar-refractivity contribution in [3.05, 3.63) is 54.4 Å². The molecule has 1 heterocycles. The maximum atomic E-state index is 9.01. The molecule has 5 heteroatoms. The molecule has 0 unspecified atom stereocenters. The fraction of sp³-hybridized carbons (Fsp3) is 0.0667. The van der Waals surface area contributed by atoms with Gasteiger partial charge in [0.25, 0.3) is 0 Å². The fourth-order valence-electron chi connectivity index (χ4n) is 1.91. The lowest BCUT2D eigenvalue weighted by Gasteiger charge is -2.08. The molecule has 0 fully saturated rings. The van der Waals surface area contributed by atoms with Gasteiger partial charge in [0.2, 0.25) is 5.88 Å². The number of nitrogens with zero attached hydrogens (tertiary/aromatic N) is 2. The third kappa shape index (κ3) is 2.39. The van der Waals surface area contributed by atoms with Crippen molar-refractivity contribution in [2.75, 3.05) is 5.73 Å². The van der Waals surface area contributed by atoms with Crippen LogP contribution in [-0.4, -0.2) is 15.1 Å². The van der Waals surface area contributed by atoms with Crippen LogP contribution in [0.3, 0.4) is 0 Å². The van der Waals surface area contributed by atoms with Crippen molar-refractivity contribution in [2.24, 2.45) is 0 Å². The van der Waals surface area contributed by atoms with E-state index in [4.69, 9.17) is 15.6 Å². The molecular formula is C15H13N3O2. The molecule has 2 aromatic carbocycles. The van der Waals surface area contributed by atoms with Crippen molar-refractivity contribution < 1.29 is 9.84 Å². The quantitative estimate of drug-likeness (QED) is 0.712. The van der Waals surface area contributed by atoms with Crippen LogP contribution >= 0.6 is 0 Å². The van der Waals surface area contributed by atoms with E-state index < -0.39 is 0 Å². The summed E-state index contributed by atoms with van der Waals surface area (Å²) in [5, 5.41) is 9.81. The third-order valence-electron chi connectivity index (χ3n) is 2.94. The van der Waals surface area contributed by atoms with Gasteiger partial charge >= 0.3 is 0 Å². The number of aliphatic hydroxyl groups excluding tert-OH is 1. The van der Waals surface area contributed by atoms with E-state index in [1.807, 2.05) is 6.07 Å². The summed E-state index contributed by atoms with van der Waals surface area (Å²) < 4.78 is 5.76. The number of hydrogen-bond acceptors (Lipinski definition) is 5. The summed E-state index contributed by atoms with van der Waals surface area (Å²) in [4.78, 5) is 8.32. The maximum absolute atomic E-state index is 9.01. The highest BCUT2D eigenvalue weighted by Gasteiger charge is 2.06. The monoisotopic (exact) mass is 267 g/mol. The minimum absolute atomic E-state index is 0.00992. The lowest BCUT2D eigenvalue weighted by atomic mass is 10.2. The summed E-state index contributed by atoms with van der Waals surface area (Å²) in [6, 6.07) is 12.6. The molecule has 20 heavy (non-hydrogen) atoms. The number of fused-ring (bicyclic) bond motifs is 1. The first-order chi connectivity index (χ1) is 9.76. The van der Waals surface area contributed by atoms with E-state index in [0.717, 1.165) is 16.5 Å². The van der Waals surface area contributed by atoms with Gasteiger partial charge in [-0.2, -0.15) is 0 Å². The highest BCUT2D eigenvalue weighted by Crippen LogP contribution is 2.27. The summed E-state index contributed by atoms with van der Waals surface area (Å²) in [5.41, 5.74) is 7.95. The number of aliphatic hydroxyl groups is 1. The number of benzene rings is 2. The van der Waals surface area contributed by atoms with Crippen LogP contribution in [-0.2, 0) is 6.61 Å². The van der Waals surface area contributed by atoms with Crippen LogP contribution in [0, 0.1) is 0 Å². The van der Waals surface area contributed by atoms with Crippen LogP contribution in [0.5, 0.6) is 11.6 Å². The number of nitrogens with two attached hydrogens (primary N) is 1. The number of hydrogen-bond donors (Lipinski definition) is 2. The van der Waals surface area contributed by atoms with Gasteiger partial charge in [-0.3, -0.25) is 0 Å². The second-order valence-electron chi connectivity index (χ2n) is 4.36. The van der Waals surface area contributed by atoms with E-state index in [0.29, 0.717) is 17.3 Å². The molecule has 0 saturated carbocycles. The zero-order chi connectivity index (χ0) is 13.9. The number of rotatable bonds is 3. The normalized spacial score (nSPS) is 10.7. The summed E-state index contributed by atoms with van der Waals surface area (Å²) in [5.74, 6) is 1.13. The Morgan fingerprint density at radius 3 is 2.60 bits per heavy atom. The number of ether oxygens (including phenoxy) is 1. The van der Waals surface area contributed by atoms with Gasteiger partial charge in [0.15, 0.2) is 0 Å². The van der Waals surface area contributed by atoms with E-state index in [9.17, 15) is 0 Å². The van der Waals surface area contributed by atoms with E-state index in [1.54, 1.807) is 36.4 Å². The van der Waals surface area contributed by atoms with Crippen LogP contribution in [0.15, 0.2) is 48.8 Å². The summed E-state index contributed by atoms with van der Waals surface area (Å²) in [6.07, 6.45) is 1.44. The Hall–Kier alpha value is -2.66. The van der Waals surface area contributed by atoms with Crippen molar-refractivity contribution in [1.82, 2.24) is 9.97 Å². The maximum Gasteiger partial charge on any atom is 0.230 e. The molecule has 0 radical (unpaired) electrons. The minimum atomic E-state index is 0.00992. The summed E-state index contributed by atoms with van der Waals surface area (Å²) in [7, 11) is 0. The molecule has 0 spiro atoms. The van der Waals surface area contributed by atoms with Crippen molar-refractivity contribution in [1.29, 1.82) is 0 Å². The van der Waals surface area contributed by atoms with E-state index in [1.165, 1.54) is 6.33 Å². The second kappa shape index (κ2) is 5.14. The molecule has 0 amide bonds. The Bertz CT molecular complexity index is 742. The van der Waals surface area contributed by atoms with Crippen LogP contribution in [0.25, 0.3) is 10.9 Å². The van der Waals surface area contributed by atoms with Crippen LogP contribution in [0.1, 0.15) is 5.56 Å². The standard InChI is InChI=1S/C15H13N3O2/c16-11-3-6-13-14(7-11)17-9-18-15(13)20-12-4-1-10(8-19)2-5-12/h1-7,9,19H,8,16H2. The van der Waals surface area contributed by atoms with E-state index >= 15 is 0 Å². The second-order valence-corrected chi connectivity index (χ2v) is 4.36. The van der Waals surface area contributed by atoms with Gasteiger partial charge in [-0.1, -0.05) is 12.1 Å². The molecule has 0 aliphatic heterocycles. The number of nitrogen functional groups attached to an aromatic ring is 1. The molecule has 3 N–H and O–H groups in total. The first-order valence-corrected chi connectivity index (χ1v) is 6.14. The van der Waals surface area contributed by atoms with Gasteiger partial charge in [0, 0.05) is 5.69 Å². The molecule has 3 rings (SSSR count). The zero-order valence-corrected chi connectivity index (χ0v) is 10.7. The molecule has 0 aliphatic carbocycles. The van der Waals surface area contributed by atoms with Crippen molar-refractivity contribution >= 4 is 16.6 Å². The first-order valence-electron chi connectivity index (χ1n) is 6.14. The van der Waals surface area contributed by atoms with Gasteiger partial charge < -0.3 is 15.6 Å². The van der Waals surface area contributed by atoms with Crippen LogP contribution in [0.4, 0.5) is 5.69 Å². The Morgan fingerprint density at radius 2 is 1.85 bits per heavy atom. The predicted octanol–water partition coefficient (Wildman–Crippen LogP) is 2.50. The summed E-state index contributed by atoms with van der Waals surface area (Å²) in [6.45, 7) is 0.00992. The van der Waals surface area contributed by atoms with Gasteiger partial charge in [-0.05, 0) is 35.9 Å². The van der Waals surface area contributed by atoms with Gasteiger partial charge in [0.05, 0.1) is 17.5 Å². The van der Waals surface area contributed by atoms with Crippen LogP contribution in [0.2, 0.25) is 0 Å². The van der Waals surface area contributed by atoms with Crippen molar-refractivity contribution in [3.63, 3.8) is 0 Å². The lowest BCUT2D eigenvalue weighted by molar-refractivity contribution is 0.281. The molecule has 3 aromatic rings. The molecule has 5 nitrogen and oxygen atoms in total. The predicted molar refractivity (Wildman–Crippen MR) is 76.4 cm³/mol. The molecule has 0 atom stereocenters. The topological polar surface area (TPSA) is 81.3 Å². The highest BCUT2D eigenvalue weighted by molar-refractivity contribution is 5.85. The molecule has 1 aromatic heterocycles. The number of anilines is 1. The van der Waals surface area contributed by atoms with E-state index in [-0.39, 0.29) is 6.61 Å². The molecule has 100 valence electrons. The minimum Gasteiger partial charge on any atom is -0.438 e. The smallest absolute Gasteiger partial charge is 0.230 e. The Morgan fingerprint density at radius 1 is 1.05 bits per heavy atom. The first kappa shape index (κ1) is 12.4. The van der Waals surface area contributed by atoms with Gasteiger partial charge in [-0.25, -0.2) is 9.97 Å². The SMILES string of the molecule is Nc1ccc2c(Oc3ccc(CO)cc3)ncnc2c1. The van der Waals surface area contributed by atoms with Gasteiger partial charge in [0.1, 0.15) is 12.1 Å². The summed E-state index contributed by atoms with van der Waals surface area (Å²) >= 11 is 0. The Labute approximate surface area is 115 Å². The third-order valence-corrected chi connectivity index (χ3v) is 2.94. The molecule has 0 bridgehead atoms. The molecular weight excluding hydrogens is 254 g/mol. The largest absolute Gasteiger partial charge is 0.438 e. The fourth-order valence-corrected chi connectivity index (χ4v) is 1.91. The van der Waals surface area contributed by atoms with Crippen molar-refractivity contribution in [3.8, 4) is 11.6 Å². The van der Waals surface area contributed by atoms with Crippen LogP contribution < -0.4 is 10.5 Å². The Kier molecular flexibility index (Phi) is 3.18. The van der Waals surface area contributed by atoms with E-state index in [2.05, 4.69) is 9.97 Å². The number of aromatic nitrogens is 2. The zero-order valence-electron chi connectivity index (χ0n) is 10.7. The van der Waals surface area contributed by atoms with Gasteiger partial charge in [-0.15, -0.1) is 0 Å². The van der Waals surface area contributed by atoms with Crippen molar-refractivity contribution in [2.45, 2.75) is 6.61 Å². The lowest BCUT2D eigenvalue weighted by Crippen LogP contribution is -1.93. The average molecular weight is 267 g/mol. The highest BCUT2D eigenvalue weighted by atomic mass is 16.5. The average Bonchev–Trinajstić information content (AvgIpc) is 2.48. The molecule has 0 saturated heterocycles. The molecule has 0 aliphatic rings. The Balaban J connectivity index is 1.97.